The van der Waals surface area contributed by atoms with Crippen LogP contribution in [0, 0.1) is 0 Å². The van der Waals surface area contributed by atoms with Crippen LogP contribution in [0.15, 0.2) is 24.3 Å². The highest BCUT2D eigenvalue weighted by Crippen LogP contribution is 2.13. The number of carbonyl (C=O) groups is 1. The van der Waals surface area contributed by atoms with Gasteiger partial charge in [-0.3, -0.25) is 0 Å². The zero-order valence-electron chi connectivity index (χ0n) is 9.01. The van der Waals surface area contributed by atoms with E-state index in [0.29, 0.717) is 10.0 Å². The first-order chi connectivity index (χ1) is 7.47. The van der Waals surface area contributed by atoms with Gasteiger partial charge in [-0.15, -0.1) is 0 Å². The van der Waals surface area contributed by atoms with E-state index >= 15 is 0 Å². The Morgan fingerprint density at radius 2 is 1.69 bits per heavy atom. The van der Waals surface area contributed by atoms with Crippen LogP contribution in [0.3, 0.4) is 0 Å². The van der Waals surface area contributed by atoms with Crippen molar-refractivity contribution in [1.29, 1.82) is 0 Å². The molecule has 0 spiro atoms. The molecule has 0 atom stereocenters. The topological polar surface area (TPSA) is 49.3 Å². The van der Waals surface area contributed by atoms with Crippen molar-refractivity contribution in [2.24, 2.45) is 0 Å². The standard InChI is InChI=1S/C6H4Cl2.C2H3FO2.C2H7N/c7-5-2-1-3-6(8)4-5;3-1-2(4)5;1-3-2/h1-4H;1H2,(H,4,5);3H,1-2H3. The molecule has 6 heteroatoms. The molecule has 0 radical (unpaired) electrons. The van der Waals surface area contributed by atoms with E-state index in [2.05, 4.69) is 5.32 Å². The summed E-state index contributed by atoms with van der Waals surface area (Å²) in [5, 5.41) is 11.5. The van der Waals surface area contributed by atoms with Gasteiger partial charge >= 0.3 is 5.97 Å². The molecule has 0 aliphatic heterocycles. The second-order valence-corrected chi connectivity index (χ2v) is 3.34. The normalized spacial score (nSPS) is 8.06. The molecule has 92 valence electrons. The maximum absolute atomic E-state index is 10.5. The highest BCUT2D eigenvalue weighted by Gasteiger charge is 1.85. The van der Waals surface area contributed by atoms with Crippen molar-refractivity contribution in [2.45, 2.75) is 0 Å². The van der Waals surface area contributed by atoms with E-state index in [1.807, 2.05) is 20.2 Å². The average molecular weight is 270 g/mol. The molecule has 3 nitrogen and oxygen atoms in total. The smallest absolute Gasteiger partial charge is 0.335 e. The second-order valence-electron chi connectivity index (χ2n) is 2.47. The van der Waals surface area contributed by atoms with Crippen LogP contribution in [0.5, 0.6) is 0 Å². The molecule has 2 N–H and O–H groups in total. The minimum absolute atomic E-state index is 0.678. The van der Waals surface area contributed by atoms with E-state index < -0.39 is 12.6 Å². The molecule has 0 amide bonds. The highest BCUT2D eigenvalue weighted by atomic mass is 35.5. The van der Waals surface area contributed by atoms with Gasteiger partial charge in [-0.1, -0.05) is 29.3 Å². The summed E-state index contributed by atoms with van der Waals surface area (Å²) >= 11 is 11.1. The van der Waals surface area contributed by atoms with E-state index in [1.54, 1.807) is 18.2 Å². The Balaban J connectivity index is 0. The summed E-state index contributed by atoms with van der Waals surface area (Å²) in [5.41, 5.74) is 0. The molecule has 1 aromatic carbocycles. The number of rotatable bonds is 1. The maximum atomic E-state index is 10.5. The van der Waals surface area contributed by atoms with Crippen LogP contribution >= 0.6 is 23.2 Å². The lowest BCUT2D eigenvalue weighted by atomic mass is 10.4. The summed E-state index contributed by atoms with van der Waals surface area (Å²) < 4.78 is 10.5. The number of aliphatic carboxylic acids is 1. The van der Waals surface area contributed by atoms with Crippen molar-refractivity contribution in [1.82, 2.24) is 5.32 Å². The van der Waals surface area contributed by atoms with Crippen LogP contribution in [-0.2, 0) is 4.79 Å². The SMILES string of the molecule is CNC.Clc1cccc(Cl)c1.O=C(O)CF. The molecular weight excluding hydrogens is 256 g/mol. The van der Waals surface area contributed by atoms with Crippen molar-refractivity contribution < 1.29 is 14.3 Å². The Bertz CT molecular complexity index is 281. The monoisotopic (exact) mass is 269 g/mol. The number of hydrogen-bond acceptors (Lipinski definition) is 2. The number of benzene rings is 1. The number of halogens is 3. The molecule has 1 aromatic rings. The summed E-state index contributed by atoms with van der Waals surface area (Å²) in [6.45, 7) is -1.28. The summed E-state index contributed by atoms with van der Waals surface area (Å²) in [6.07, 6.45) is 0. The van der Waals surface area contributed by atoms with Crippen LogP contribution < -0.4 is 5.32 Å². The molecule has 16 heavy (non-hydrogen) atoms. The molecule has 0 aliphatic rings. The van der Waals surface area contributed by atoms with E-state index in [0.717, 1.165) is 0 Å². The summed E-state index contributed by atoms with van der Waals surface area (Å²) in [5.74, 6) is -1.41. The van der Waals surface area contributed by atoms with E-state index in [-0.39, 0.29) is 0 Å². The Hall–Kier alpha value is -0.840. The predicted molar refractivity (Wildman–Crippen MR) is 65.1 cm³/mol. The molecule has 0 heterocycles. The van der Waals surface area contributed by atoms with E-state index in [4.69, 9.17) is 33.1 Å². The molecule has 0 bridgehead atoms. The second kappa shape index (κ2) is 12.2. The van der Waals surface area contributed by atoms with Gasteiger partial charge in [-0.2, -0.15) is 0 Å². The third-order valence-corrected chi connectivity index (χ3v) is 1.37. The summed E-state index contributed by atoms with van der Waals surface area (Å²) in [7, 11) is 3.75. The maximum Gasteiger partial charge on any atom is 0.335 e. The summed E-state index contributed by atoms with van der Waals surface area (Å²) in [6, 6.07) is 7.08. The van der Waals surface area contributed by atoms with Crippen LogP contribution in [0.1, 0.15) is 0 Å². The van der Waals surface area contributed by atoms with Gasteiger partial charge in [0, 0.05) is 10.0 Å². The highest BCUT2D eigenvalue weighted by molar-refractivity contribution is 6.34. The van der Waals surface area contributed by atoms with Gasteiger partial charge in [-0.05, 0) is 32.3 Å². The van der Waals surface area contributed by atoms with Crippen LogP contribution in [-0.4, -0.2) is 31.8 Å². The Labute approximate surface area is 104 Å². The molecule has 0 fully saturated rings. The molecule has 0 saturated carbocycles. The van der Waals surface area contributed by atoms with Crippen molar-refractivity contribution in [3.63, 3.8) is 0 Å². The van der Waals surface area contributed by atoms with Gasteiger partial charge in [0.05, 0.1) is 0 Å². The average Bonchev–Trinajstić information content (AvgIpc) is 2.19. The lowest BCUT2D eigenvalue weighted by molar-refractivity contribution is -0.137. The number of carboxylic acid groups (broad SMARTS) is 1. The van der Waals surface area contributed by atoms with E-state index in [1.165, 1.54) is 0 Å². The van der Waals surface area contributed by atoms with Crippen LogP contribution in [0.2, 0.25) is 10.0 Å². The third kappa shape index (κ3) is 15.6. The fraction of sp³-hybridized carbons (Fsp3) is 0.300. The van der Waals surface area contributed by atoms with E-state index in [9.17, 15) is 4.39 Å². The van der Waals surface area contributed by atoms with Crippen LogP contribution in [0.25, 0.3) is 0 Å². The fourth-order valence-electron chi connectivity index (χ4n) is 0.460. The van der Waals surface area contributed by atoms with Crippen molar-refractivity contribution in [3.8, 4) is 0 Å². The minimum Gasteiger partial charge on any atom is -0.479 e. The molecule has 0 saturated heterocycles. The Morgan fingerprint density at radius 3 is 1.81 bits per heavy atom. The van der Waals surface area contributed by atoms with Gasteiger partial charge in [-0.25, -0.2) is 9.18 Å². The zero-order valence-corrected chi connectivity index (χ0v) is 10.5. The number of alkyl halides is 1. The largest absolute Gasteiger partial charge is 0.479 e. The first-order valence-corrected chi connectivity index (χ1v) is 5.00. The minimum atomic E-state index is -1.41. The lowest BCUT2D eigenvalue weighted by Gasteiger charge is -1.86. The Morgan fingerprint density at radius 1 is 1.38 bits per heavy atom. The molecule has 1 rings (SSSR count). The molecule has 0 aromatic heterocycles. The third-order valence-electron chi connectivity index (χ3n) is 0.901. The van der Waals surface area contributed by atoms with Gasteiger partial charge in [0.15, 0.2) is 6.67 Å². The van der Waals surface area contributed by atoms with Gasteiger partial charge in [0.25, 0.3) is 0 Å². The Kier molecular flexibility index (Phi) is 13.4. The van der Waals surface area contributed by atoms with Crippen molar-refractivity contribution in [3.05, 3.63) is 34.3 Å². The van der Waals surface area contributed by atoms with Gasteiger partial charge in [0.1, 0.15) is 0 Å². The summed E-state index contributed by atoms with van der Waals surface area (Å²) in [4.78, 5) is 8.99. The zero-order chi connectivity index (χ0) is 13.0. The fourth-order valence-corrected chi connectivity index (χ4v) is 0.896. The van der Waals surface area contributed by atoms with Crippen molar-refractivity contribution >= 4 is 29.2 Å². The van der Waals surface area contributed by atoms with Crippen LogP contribution in [0.4, 0.5) is 4.39 Å². The molecular formula is C10H14Cl2FNO2. The van der Waals surface area contributed by atoms with Gasteiger partial charge < -0.3 is 10.4 Å². The quantitative estimate of drug-likeness (QED) is 0.825. The number of nitrogens with one attached hydrogen (secondary N) is 1. The lowest BCUT2D eigenvalue weighted by Crippen LogP contribution is -1.93. The molecule has 0 unspecified atom stereocenters. The van der Waals surface area contributed by atoms with Crippen molar-refractivity contribution in [2.75, 3.05) is 20.8 Å². The number of hydrogen-bond donors (Lipinski definition) is 2. The first kappa shape index (κ1) is 17.6. The number of carboxylic acids is 1. The first-order valence-electron chi connectivity index (χ1n) is 4.25. The molecule has 0 aliphatic carbocycles. The van der Waals surface area contributed by atoms with Gasteiger partial charge in [0.2, 0.25) is 0 Å². The predicted octanol–water partition coefficient (Wildman–Crippen LogP) is 2.87.